The highest BCUT2D eigenvalue weighted by Crippen LogP contribution is 2.14. The molecule has 1 heterocycles. The van der Waals surface area contributed by atoms with Gasteiger partial charge in [0.2, 0.25) is 0 Å². The molecule has 0 aliphatic rings. The molecule has 1 N–H and O–H groups in total. The Balaban J connectivity index is 2.20. The van der Waals surface area contributed by atoms with Crippen molar-refractivity contribution in [2.75, 3.05) is 12.4 Å². The molecule has 0 fully saturated rings. The van der Waals surface area contributed by atoms with Crippen molar-refractivity contribution in [2.24, 2.45) is 0 Å². The zero-order chi connectivity index (χ0) is 15.4. The predicted molar refractivity (Wildman–Crippen MR) is 74.7 cm³/mol. The molecule has 0 saturated heterocycles. The van der Waals surface area contributed by atoms with E-state index in [1.54, 1.807) is 19.1 Å². The van der Waals surface area contributed by atoms with Gasteiger partial charge in [0.25, 0.3) is 5.91 Å². The fourth-order valence-corrected chi connectivity index (χ4v) is 1.65. The van der Waals surface area contributed by atoms with Crippen molar-refractivity contribution in [1.29, 1.82) is 0 Å². The molecule has 6 heteroatoms. The summed E-state index contributed by atoms with van der Waals surface area (Å²) in [5.74, 6) is -1.58. The number of halogens is 1. The largest absolute Gasteiger partial charge is 0.464 e. The van der Waals surface area contributed by atoms with E-state index in [4.69, 9.17) is 0 Å². The molecule has 21 heavy (non-hydrogen) atoms. The Morgan fingerprint density at radius 1 is 1.19 bits per heavy atom. The number of amides is 1. The maximum Gasteiger partial charge on any atom is 0.356 e. The first-order valence-electron chi connectivity index (χ1n) is 6.14. The first-order valence-corrected chi connectivity index (χ1v) is 6.14. The number of rotatable bonds is 3. The molecule has 2 aromatic rings. The van der Waals surface area contributed by atoms with Crippen molar-refractivity contribution in [1.82, 2.24) is 4.98 Å². The molecule has 0 radical (unpaired) electrons. The van der Waals surface area contributed by atoms with Crippen molar-refractivity contribution in [3.63, 3.8) is 0 Å². The van der Waals surface area contributed by atoms with Crippen LogP contribution >= 0.6 is 0 Å². The van der Waals surface area contributed by atoms with Gasteiger partial charge in [-0.2, -0.15) is 0 Å². The first kappa shape index (κ1) is 14.6. The number of hydrogen-bond donors (Lipinski definition) is 1. The third-order valence-electron chi connectivity index (χ3n) is 2.81. The Morgan fingerprint density at radius 3 is 2.57 bits per heavy atom. The van der Waals surface area contributed by atoms with Gasteiger partial charge in [-0.15, -0.1) is 0 Å². The lowest BCUT2D eigenvalue weighted by molar-refractivity contribution is 0.0594. The maximum atomic E-state index is 13.4. The highest BCUT2D eigenvalue weighted by Gasteiger charge is 2.13. The number of aromatic nitrogens is 1. The number of carbonyl (C=O) groups excluding carboxylic acids is 2. The summed E-state index contributed by atoms with van der Waals surface area (Å²) in [5.41, 5.74) is 0.867. The molecular weight excluding hydrogens is 275 g/mol. The summed E-state index contributed by atoms with van der Waals surface area (Å²) in [6, 6.07) is 8.77. The molecule has 0 saturated carbocycles. The number of carbonyl (C=O) groups is 2. The molecule has 1 aromatic heterocycles. The van der Waals surface area contributed by atoms with E-state index in [9.17, 15) is 14.0 Å². The fourth-order valence-electron chi connectivity index (χ4n) is 1.65. The van der Waals surface area contributed by atoms with Crippen LogP contribution in [-0.4, -0.2) is 24.0 Å². The van der Waals surface area contributed by atoms with E-state index in [1.807, 2.05) is 0 Å². The van der Waals surface area contributed by atoms with Crippen LogP contribution in [0, 0.1) is 12.7 Å². The van der Waals surface area contributed by atoms with Gasteiger partial charge in [-0.25, -0.2) is 14.2 Å². The minimum Gasteiger partial charge on any atom is -0.464 e. The van der Waals surface area contributed by atoms with Crippen LogP contribution in [0.5, 0.6) is 0 Å². The number of methoxy groups -OCH3 is 1. The van der Waals surface area contributed by atoms with Gasteiger partial charge in [-0.05, 0) is 36.8 Å². The van der Waals surface area contributed by atoms with Gasteiger partial charge in [0.05, 0.1) is 7.11 Å². The normalized spacial score (nSPS) is 10.0. The van der Waals surface area contributed by atoms with Crippen LogP contribution in [0.4, 0.5) is 10.1 Å². The van der Waals surface area contributed by atoms with Crippen molar-refractivity contribution in [3.05, 3.63) is 59.2 Å². The number of nitrogens with one attached hydrogen (secondary N) is 1. The Morgan fingerprint density at radius 2 is 1.90 bits per heavy atom. The van der Waals surface area contributed by atoms with Crippen molar-refractivity contribution in [3.8, 4) is 0 Å². The van der Waals surface area contributed by atoms with E-state index in [1.165, 1.54) is 31.4 Å². The quantitative estimate of drug-likeness (QED) is 0.881. The second-order valence-electron chi connectivity index (χ2n) is 4.32. The summed E-state index contributed by atoms with van der Waals surface area (Å²) in [5, 5.41) is 2.52. The first-order chi connectivity index (χ1) is 10.0. The second kappa shape index (κ2) is 6.13. The maximum absolute atomic E-state index is 13.4. The standard InChI is InChI=1S/C15H13FN2O3/c1-9-6-7-10(8-11(9)16)17-14(19)12-4-3-5-13(18-12)15(20)21-2/h3-8H,1-2H3,(H,17,19). The summed E-state index contributed by atoms with van der Waals surface area (Å²) in [6.45, 7) is 1.63. The summed E-state index contributed by atoms with van der Waals surface area (Å²) in [7, 11) is 1.23. The van der Waals surface area contributed by atoms with Crippen LogP contribution in [0.1, 0.15) is 26.5 Å². The number of ether oxygens (including phenoxy) is 1. The number of pyridine rings is 1. The molecule has 0 spiro atoms. The van der Waals surface area contributed by atoms with E-state index >= 15 is 0 Å². The lowest BCUT2D eigenvalue weighted by Crippen LogP contribution is -2.16. The number of nitrogens with zero attached hydrogens (tertiary/aromatic N) is 1. The van der Waals surface area contributed by atoms with Gasteiger partial charge >= 0.3 is 5.97 Å². The van der Waals surface area contributed by atoms with Crippen LogP contribution in [0.15, 0.2) is 36.4 Å². The summed E-state index contributed by atoms with van der Waals surface area (Å²) >= 11 is 0. The molecule has 0 bridgehead atoms. The molecule has 0 unspecified atom stereocenters. The molecule has 0 atom stereocenters. The summed E-state index contributed by atoms with van der Waals surface area (Å²) in [6.07, 6.45) is 0. The van der Waals surface area contributed by atoms with Crippen LogP contribution in [0.3, 0.4) is 0 Å². The van der Waals surface area contributed by atoms with Crippen molar-refractivity contribution >= 4 is 17.6 Å². The minimum atomic E-state index is -0.633. The van der Waals surface area contributed by atoms with E-state index in [2.05, 4.69) is 15.0 Å². The minimum absolute atomic E-state index is 0.0280. The monoisotopic (exact) mass is 288 g/mol. The van der Waals surface area contributed by atoms with Gasteiger partial charge in [0.15, 0.2) is 0 Å². The molecule has 2 rings (SSSR count). The van der Waals surface area contributed by atoms with E-state index in [0.717, 1.165) is 0 Å². The van der Waals surface area contributed by atoms with Crippen LogP contribution in [0.2, 0.25) is 0 Å². The third-order valence-corrected chi connectivity index (χ3v) is 2.81. The Labute approximate surface area is 120 Å². The average molecular weight is 288 g/mol. The van der Waals surface area contributed by atoms with E-state index in [0.29, 0.717) is 11.3 Å². The fraction of sp³-hybridized carbons (Fsp3) is 0.133. The van der Waals surface area contributed by atoms with Crippen molar-refractivity contribution < 1.29 is 18.7 Å². The number of anilines is 1. The molecule has 1 aromatic carbocycles. The third kappa shape index (κ3) is 3.42. The number of hydrogen-bond acceptors (Lipinski definition) is 4. The lowest BCUT2D eigenvalue weighted by Gasteiger charge is -2.06. The summed E-state index contributed by atoms with van der Waals surface area (Å²) in [4.78, 5) is 27.3. The van der Waals surface area contributed by atoms with Crippen LogP contribution in [0.25, 0.3) is 0 Å². The van der Waals surface area contributed by atoms with Crippen molar-refractivity contribution in [2.45, 2.75) is 6.92 Å². The zero-order valence-electron chi connectivity index (χ0n) is 11.5. The highest BCUT2D eigenvalue weighted by atomic mass is 19.1. The number of esters is 1. The van der Waals surface area contributed by atoms with E-state index < -0.39 is 17.7 Å². The van der Waals surface area contributed by atoms with Crippen LogP contribution < -0.4 is 5.32 Å². The van der Waals surface area contributed by atoms with Gasteiger partial charge in [-0.3, -0.25) is 4.79 Å². The Kier molecular flexibility index (Phi) is 4.27. The Bertz CT molecular complexity index is 701. The predicted octanol–water partition coefficient (Wildman–Crippen LogP) is 2.57. The highest BCUT2D eigenvalue weighted by molar-refractivity contribution is 6.03. The molecule has 0 aliphatic carbocycles. The molecular formula is C15H13FN2O3. The van der Waals surface area contributed by atoms with Gasteiger partial charge in [0, 0.05) is 5.69 Å². The smallest absolute Gasteiger partial charge is 0.356 e. The lowest BCUT2D eigenvalue weighted by atomic mass is 10.2. The van der Waals surface area contributed by atoms with Gasteiger partial charge in [-0.1, -0.05) is 12.1 Å². The van der Waals surface area contributed by atoms with Gasteiger partial charge in [0.1, 0.15) is 17.2 Å². The second-order valence-corrected chi connectivity index (χ2v) is 4.32. The number of aryl methyl sites for hydroxylation is 1. The summed E-state index contributed by atoms with van der Waals surface area (Å²) < 4.78 is 18.0. The molecule has 108 valence electrons. The SMILES string of the molecule is COC(=O)c1cccc(C(=O)Nc2ccc(C)c(F)c2)n1. The number of benzene rings is 1. The molecule has 5 nitrogen and oxygen atoms in total. The molecule has 0 aliphatic heterocycles. The zero-order valence-corrected chi connectivity index (χ0v) is 11.5. The Hall–Kier alpha value is -2.76. The van der Waals surface area contributed by atoms with Gasteiger partial charge < -0.3 is 10.1 Å². The van der Waals surface area contributed by atoms with Crippen LogP contribution in [-0.2, 0) is 4.74 Å². The van der Waals surface area contributed by atoms with E-state index in [-0.39, 0.29) is 11.4 Å². The topological polar surface area (TPSA) is 68.3 Å². The molecule has 1 amide bonds. The average Bonchev–Trinajstić information content (AvgIpc) is 2.50.